The minimum absolute atomic E-state index is 0. The predicted molar refractivity (Wildman–Crippen MR) is 83.7 cm³/mol. The van der Waals surface area contributed by atoms with Crippen LogP contribution in [0.4, 0.5) is 0 Å². The molecule has 0 aliphatic carbocycles. The molecule has 0 fully saturated rings. The molecule has 6 nitrogen and oxygen atoms in total. The summed E-state index contributed by atoms with van der Waals surface area (Å²) in [4.78, 5) is 20.5. The van der Waals surface area contributed by atoms with E-state index >= 15 is 0 Å². The maximum Gasteiger partial charge on any atom is 0.173 e. The smallest absolute Gasteiger partial charge is 0.173 e. The van der Waals surface area contributed by atoms with E-state index in [0.29, 0.717) is 26.4 Å². The van der Waals surface area contributed by atoms with Crippen molar-refractivity contribution in [1.29, 1.82) is 0 Å². The van der Waals surface area contributed by atoms with Gasteiger partial charge in [0.15, 0.2) is 5.97 Å². The zero-order valence-electron chi connectivity index (χ0n) is 14.6. The maximum absolute atomic E-state index is 10.4. The van der Waals surface area contributed by atoms with E-state index in [1.807, 2.05) is 20.8 Å². The number of ketones is 1. The molecule has 0 aromatic carbocycles. The first-order valence-corrected chi connectivity index (χ1v) is 7.26. The zero-order chi connectivity index (χ0) is 17.5. The summed E-state index contributed by atoms with van der Waals surface area (Å²) in [5.74, 6) is -0.849. The minimum atomic E-state index is -0.565. The van der Waals surface area contributed by atoms with Crippen molar-refractivity contribution in [2.45, 2.75) is 53.9 Å². The Hall–Kier alpha value is -0.227. The second kappa shape index (κ2) is 37.2. The van der Waals surface area contributed by atoms with Crippen molar-refractivity contribution < 1.29 is 55.8 Å². The van der Waals surface area contributed by atoms with Crippen molar-refractivity contribution in [3.63, 3.8) is 0 Å². The number of carbonyl (C=O) groups is 2. The molecule has 7 heteroatoms. The quantitative estimate of drug-likeness (QED) is 0.355. The Balaban J connectivity index is -0.0000000632. The number of carbonyl (C=O) groups excluding carboxylic acids is 2. The van der Waals surface area contributed by atoms with Gasteiger partial charge in [-0.05, 0) is 33.1 Å². The molecule has 0 aliphatic heterocycles. The summed E-state index contributed by atoms with van der Waals surface area (Å²) in [5.41, 5.74) is 0. The number of hydrogen-bond donors (Lipinski definition) is 3. The Kier molecular flexibility index (Phi) is 56.5. The molecule has 22 heavy (non-hydrogen) atoms. The molecule has 0 saturated heterocycles. The average Bonchev–Trinajstić information content (AvgIpc) is 2.47. The fourth-order valence-electron chi connectivity index (χ4n) is 0.350. The predicted octanol–water partition coefficient (Wildman–Crippen LogP) is 1.51. The zero-order valence-corrected chi connectivity index (χ0v) is 17.1. The van der Waals surface area contributed by atoms with Crippen LogP contribution in [0.25, 0.3) is 0 Å². The van der Waals surface area contributed by atoms with E-state index in [1.165, 1.54) is 6.92 Å². The summed E-state index contributed by atoms with van der Waals surface area (Å²) in [6.07, 6.45) is 3.55. The first-order chi connectivity index (χ1) is 9.91. The van der Waals surface area contributed by atoms with E-state index in [2.05, 4.69) is 4.74 Å². The summed E-state index contributed by atoms with van der Waals surface area (Å²) < 4.78 is 4.44. The molecular weight excluding hydrogens is 367 g/mol. The van der Waals surface area contributed by atoms with E-state index < -0.39 is 5.97 Å². The van der Waals surface area contributed by atoms with Crippen LogP contribution in [0.15, 0.2) is 0 Å². The van der Waals surface area contributed by atoms with Gasteiger partial charge >= 0.3 is 0 Å². The van der Waals surface area contributed by atoms with Gasteiger partial charge in [-0.25, -0.2) is 6.42 Å². The van der Waals surface area contributed by atoms with Gasteiger partial charge in [0.1, 0.15) is 0 Å². The SMILES string of the molecule is CCCO.CCCO.CCCO.CCOC(=O)[CH-]C(C)=O.[Zr]. The Bertz CT molecular complexity index is 185. The molecule has 0 bridgehead atoms. The average molecular weight is 401 g/mol. The van der Waals surface area contributed by atoms with Gasteiger partial charge in [0.05, 0.1) is 6.61 Å². The fraction of sp³-hybridized carbons (Fsp3) is 0.800. The largest absolute Gasteiger partial charge is 0.488 e. The van der Waals surface area contributed by atoms with E-state index in [0.717, 1.165) is 25.7 Å². The topological polar surface area (TPSA) is 104 Å². The second-order valence-corrected chi connectivity index (χ2v) is 3.68. The summed E-state index contributed by atoms with van der Waals surface area (Å²) in [6.45, 7) is 10.0. The molecule has 0 aliphatic rings. The molecule has 0 atom stereocenters. The first-order valence-electron chi connectivity index (χ1n) is 7.26. The molecule has 3 N–H and O–H groups in total. The third kappa shape index (κ3) is 73.0. The third-order valence-corrected chi connectivity index (χ3v) is 1.28. The van der Waals surface area contributed by atoms with Crippen LogP contribution in [-0.4, -0.2) is 53.5 Å². The minimum Gasteiger partial charge on any atom is -0.488 e. The van der Waals surface area contributed by atoms with Crippen LogP contribution in [0.3, 0.4) is 0 Å². The van der Waals surface area contributed by atoms with Gasteiger partial charge in [0.2, 0.25) is 0 Å². The number of hydrogen-bond acceptors (Lipinski definition) is 6. The van der Waals surface area contributed by atoms with Gasteiger partial charge in [-0.3, -0.25) is 4.79 Å². The number of Topliss-reactive ketones (excluding diaryl/α,β-unsaturated/α-hetero) is 1. The molecule has 0 amide bonds. The number of aliphatic hydroxyl groups excluding tert-OH is 3. The second-order valence-electron chi connectivity index (χ2n) is 3.68. The van der Waals surface area contributed by atoms with Gasteiger partial charge in [-0.2, -0.15) is 0 Å². The standard InChI is InChI=1S/C6H9O3.3C3H8O.Zr/c1-3-9-6(8)4-5(2)7;3*1-2-3-4;/h4H,3H2,1-2H3;3*4H,2-3H2,1H3;/q-1;;;;. The van der Waals surface area contributed by atoms with Crippen molar-refractivity contribution in [3.05, 3.63) is 6.42 Å². The summed E-state index contributed by atoms with van der Waals surface area (Å²) in [7, 11) is 0. The van der Waals surface area contributed by atoms with Crippen LogP contribution in [0, 0.1) is 6.42 Å². The van der Waals surface area contributed by atoms with Gasteiger partial charge < -0.3 is 24.9 Å². The maximum atomic E-state index is 10.4. The third-order valence-electron chi connectivity index (χ3n) is 1.28. The monoisotopic (exact) mass is 399 g/mol. The van der Waals surface area contributed by atoms with Crippen molar-refractivity contribution in [3.8, 4) is 0 Å². The molecule has 0 heterocycles. The van der Waals surface area contributed by atoms with Crippen LogP contribution >= 0.6 is 0 Å². The first kappa shape index (κ1) is 33.4. The molecule has 0 spiro atoms. The normalized spacial score (nSPS) is 7.45. The fourth-order valence-corrected chi connectivity index (χ4v) is 0.350. The molecule has 0 unspecified atom stereocenters. The van der Waals surface area contributed by atoms with Gasteiger partial charge in [0, 0.05) is 51.8 Å². The van der Waals surface area contributed by atoms with Crippen LogP contribution in [0.1, 0.15) is 53.9 Å². The summed E-state index contributed by atoms with van der Waals surface area (Å²) >= 11 is 0. The molecule has 0 rings (SSSR count). The Labute approximate surface area is 154 Å². The Morgan fingerprint density at radius 2 is 1.14 bits per heavy atom. The van der Waals surface area contributed by atoms with Crippen molar-refractivity contribution in [1.82, 2.24) is 0 Å². The summed E-state index contributed by atoms with van der Waals surface area (Å²) in [5, 5.41) is 23.6. The van der Waals surface area contributed by atoms with E-state index in [9.17, 15) is 9.59 Å². The van der Waals surface area contributed by atoms with E-state index in [-0.39, 0.29) is 32.0 Å². The van der Waals surface area contributed by atoms with Gasteiger partial charge in [0.25, 0.3) is 0 Å². The van der Waals surface area contributed by atoms with Crippen LogP contribution in [0.5, 0.6) is 0 Å². The van der Waals surface area contributed by atoms with Crippen LogP contribution in [0.2, 0.25) is 0 Å². The number of esters is 1. The number of aliphatic hydroxyl groups is 3. The van der Waals surface area contributed by atoms with Crippen molar-refractivity contribution in [2.75, 3.05) is 26.4 Å². The van der Waals surface area contributed by atoms with Crippen molar-refractivity contribution >= 4 is 11.8 Å². The molecular formula is C15H33O6Zr-. The van der Waals surface area contributed by atoms with E-state index in [1.54, 1.807) is 6.92 Å². The van der Waals surface area contributed by atoms with Gasteiger partial charge in [-0.15, -0.1) is 0 Å². The van der Waals surface area contributed by atoms with Crippen LogP contribution in [-0.2, 0) is 40.5 Å². The summed E-state index contributed by atoms with van der Waals surface area (Å²) in [6, 6.07) is 0. The van der Waals surface area contributed by atoms with Gasteiger partial charge in [-0.1, -0.05) is 20.8 Å². The number of rotatable bonds is 6. The molecule has 0 saturated carbocycles. The van der Waals surface area contributed by atoms with Crippen molar-refractivity contribution in [2.24, 2.45) is 0 Å². The molecule has 0 aromatic heterocycles. The molecule has 0 radical (unpaired) electrons. The molecule has 0 aromatic rings. The van der Waals surface area contributed by atoms with E-state index in [4.69, 9.17) is 15.3 Å². The molecule has 134 valence electrons. The Morgan fingerprint density at radius 1 is 0.864 bits per heavy atom. The Morgan fingerprint density at radius 3 is 1.27 bits per heavy atom. The number of ether oxygens (including phenoxy) is 1. The van der Waals surface area contributed by atoms with Crippen LogP contribution < -0.4 is 0 Å².